The lowest BCUT2D eigenvalue weighted by Gasteiger charge is -2.24. The maximum atomic E-state index is 12.5. The first-order valence-electron chi connectivity index (χ1n) is 6.13. The standard InChI is InChI=1S/C13H18F2N2O/c14-13(15)8-17(6-5-16)7-10-9-18-12-4-2-1-3-11(10)12/h1-4,10,13H,5-9,16H2. The van der Waals surface area contributed by atoms with E-state index in [1.54, 1.807) is 4.90 Å². The van der Waals surface area contributed by atoms with Crippen molar-refractivity contribution in [3.63, 3.8) is 0 Å². The van der Waals surface area contributed by atoms with Crippen molar-refractivity contribution < 1.29 is 13.5 Å². The second kappa shape index (κ2) is 6.11. The summed E-state index contributed by atoms with van der Waals surface area (Å²) in [5.41, 5.74) is 6.56. The minimum atomic E-state index is -2.32. The molecule has 1 aromatic carbocycles. The molecule has 1 unspecified atom stereocenters. The molecule has 1 atom stereocenters. The van der Waals surface area contributed by atoms with Gasteiger partial charge in [-0.3, -0.25) is 4.90 Å². The van der Waals surface area contributed by atoms with Crippen LogP contribution < -0.4 is 10.5 Å². The smallest absolute Gasteiger partial charge is 0.251 e. The molecule has 1 aliphatic heterocycles. The number of para-hydroxylation sites is 1. The second-order valence-corrected chi connectivity index (χ2v) is 4.49. The number of alkyl halides is 2. The summed E-state index contributed by atoms with van der Waals surface area (Å²) in [4.78, 5) is 1.71. The topological polar surface area (TPSA) is 38.5 Å². The van der Waals surface area contributed by atoms with Gasteiger partial charge in [-0.15, -0.1) is 0 Å². The summed E-state index contributed by atoms with van der Waals surface area (Å²) in [6.07, 6.45) is -2.32. The van der Waals surface area contributed by atoms with Crippen LogP contribution in [0.5, 0.6) is 5.75 Å². The minimum Gasteiger partial charge on any atom is -0.493 e. The van der Waals surface area contributed by atoms with Crippen molar-refractivity contribution in [1.82, 2.24) is 4.90 Å². The van der Waals surface area contributed by atoms with Crippen molar-refractivity contribution in [3.8, 4) is 5.75 Å². The summed E-state index contributed by atoms with van der Waals surface area (Å²) in [5.74, 6) is 1.03. The zero-order valence-electron chi connectivity index (χ0n) is 10.2. The average Bonchev–Trinajstić information content (AvgIpc) is 2.72. The van der Waals surface area contributed by atoms with E-state index in [9.17, 15) is 8.78 Å². The molecule has 0 saturated heterocycles. The summed E-state index contributed by atoms with van der Waals surface area (Å²) in [6.45, 7) is 1.78. The second-order valence-electron chi connectivity index (χ2n) is 4.49. The number of hydrogen-bond donors (Lipinski definition) is 1. The molecule has 0 bridgehead atoms. The monoisotopic (exact) mass is 256 g/mol. The molecule has 0 amide bonds. The Hall–Kier alpha value is -1.20. The molecule has 1 heterocycles. The predicted molar refractivity (Wildman–Crippen MR) is 66.2 cm³/mol. The van der Waals surface area contributed by atoms with E-state index >= 15 is 0 Å². The zero-order chi connectivity index (χ0) is 13.0. The first-order valence-corrected chi connectivity index (χ1v) is 6.13. The third kappa shape index (κ3) is 3.17. The molecule has 0 saturated carbocycles. The van der Waals surface area contributed by atoms with Gasteiger partial charge in [0.25, 0.3) is 6.43 Å². The molecule has 1 aromatic rings. The molecule has 0 spiro atoms. The number of benzene rings is 1. The van der Waals surface area contributed by atoms with Crippen LogP contribution in [-0.4, -0.2) is 44.1 Å². The first kappa shape index (κ1) is 13.2. The van der Waals surface area contributed by atoms with Crippen molar-refractivity contribution in [2.75, 3.05) is 32.8 Å². The van der Waals surface area contributed by atoms with E-state index in [1.807, 2.05) is 24.3 Å². The summed E-state index contributed by atoms with van der Waals surface area (Å²) in [5, 5.41) is 0. The fraction of sp³-hybridized carbons (Fsp3) is 0.538. The lowest BCUT2D eigenvalue weighted by atomic mass is 10.0. The Balaban J connectivity index is 2.00. The highest BCUT2D eigenvalue weighted by Gasteiger charge is 2.26. The van der Waals surface area contributed by atoms with E-state index < -0.39 is 6.43 Å². The zero-order valence-corrected chi connectivity index (χ0v) is 10.2. The van der Waals surface area contributed by atoms with Crippen molar-refractivity contribution in [1.29, 1.82) is 0 Å². The van der Waals surface area contributed by atoms with Crippen LogP contribution in [0.25, 0.3) is 0 Å². The summed E-state index contributed by atoms with van der Waals surface area (Å²) in [7, 11) is 0. The average molecular weight is 256 g/mol. The summed E-state index contributed by atoms with van der Waals surface area (Å²) in [6, 6.07) is 7.77. The number of ether oxygens (including phenoxy) is 1. The van der Waals surface area contributed by atoms with E-state index in [-0.39, 0.29) is 12.5 Å². The molecule has 0 aromatic heterocycles. The molecule has 3 nitrogen and oxygen atoms in total. The van der Waals surface area contributed by atoms with Crippen molar-refractivity contribution in [2.45, 2.75) is 12.3 Å². The highest BCUT2D eigenvalue weighted by molar-refractivity contribution is 5.39. The van der Waals surface area contributed by atoms with Crippen LogP contribution in [-0.2, 0) is 0 Å². The van der Waals surface area contributed by atoms with Crippen LogP contribution >= 0.6 is 0 Å². The van der Waals surface area contributed by atoms with E-state index in [0.29, 0.717) is 26.2 Å². The van der Waals surface area contributed by atoms with Crippen LogP contribution in [0, 0.1) is 0 Å². The van der Waals surface area contributed by atoms with Gasteiger partial charge in [0, 0.05) is 31.1 Å². The van der Waals surface area contributed by atoms with Gasteiger partial charge in [-0.2, -0.15) is 0 Å². The number of rotatable bonds is 6. The van der Waals surface area contributed by atoms with Crippen molar-refractivity contribution >= 4 is 0 Å². The maximum Gasteiger partial charge on any atom is 0.251 e. The molecule has 2 rings (SSSR count). The number of hydrogen-bond acceptors (Lipinski definition) is 3. The van der Waals surface area contributed by atoms with E-state index in [2.05, 4.69) is 0 Å². The van der Waals surface area contributed by atoms with Crippen molar-refractivity contribution in [3.05, 3.63) is 29.8 Å². The van der Waals surface area contributed by atoms with Gasteiger partial charge in [0.05, 0.1) is 13.2 Å². The fourth-order valence-electron chi connectivity index (χ4n) is 2.33. The third-order valence-electron chi connectivity index (χ3n) is 3.12. The Morgan fingerprint density at radius 1 is 1.39 bits per heavy atom. The van der Waals surface area contributed by atoms with Crippen LogP contribution in [0.3, 0.4) is 0 Å². The van der Waals surface area contributed by atoms with Gasteiger partial charge in [-0.1, -0.05) is 18.2 Å². The number of fused-ring (bicyclic) bond motifs is 1. The SMILES string of the molecule is NCCN(CC(F)F)CC1COc2ccccc21. The molecule has 1 aliphatic rings. The van der Waals surface area contributed by atoms with Crippen LogP contribution in [0.2, 0.25) is 0 Å². The van der Waals surface area contributed by atoms with Gasteiger partial charge in [0.15, 0.2) is 0 Å². The molecular weight excluding hydrogens is 238 g/mol. The molecule has 0 radical (unpaired) electrons. The normalized spacial score (nSPS) is 18.2. The van der Waals surface area contributed by atoms with Gasteiger partial charge in [0.2, 0.25) is 0 Å². The molecule has 5 heteroatoms. The molecular formula is C13H18F2N2O. The first-order chi connectivity index (χ1) is 8.70. The van der Waals surface area contributed by atoms with Crippen LogP contribution in [0.4, 0.5) is 8.78 Å². The fourth-order valence-corrected chi connectivity index (χ4v) is 2.33. The van der Waals surface area contributed by atoms with Gasteiger partial charge in [-0.05, 0) is 6.07 Å². The summed E-state index contributed by atoms with van der Waals surface area (Å²) >= 11 is 0. The highest BCUT2D eigenvalue weighted by atomic mass is 19.3. The Kier molecular flexibility index (Phi) is 4.49. The lowest BCUT2D eigenvalue weighted by molar-refractivity contribution is 0.0850. The molecule has 2 N–H and O–H groups in total. The maximum absolute atomic E-state index is 12.5. The Labute approximate surface area is 106 Å². The predicted octanol–water partition coefficient (Wildman–Crippen LogP) is 1.69. The number of nitrogens with two attached hydrogens (primary N) is 1. The van der Waals surface area contributed by atoms with E-state index in [1.165, 1.54) is 0 Å². The highest BCUT2D eigenvalue weighted by Crippen LogP contribution is 2.33. The van der Waals surface area contributed by atoms with Gasteiger partial charge in [-0.25, -0.2) is 8.78 Å². The van der Waals surface area contributed by atoms with Gasteiger partial charge in [0.1, 0.15) is 5.75 Å². The van der Waals surface area contributed by atoms with E-state index in [0.717, 1.165) is 11.3 Å². The minimum absolute atomic E-state index is 0.159. The number of nitrogens with zero attached hydrogens (tertiary/aromatic N) is 1. The third-order valence-corrected chi connectivity index (χ3v) is 3.12. The number of halogens is 2. The quantitative estimate of drug-likeness (QED) is 0.841. The Morgan fingerprint density at radius 3 is 2.89 bits per heavy atom. The molecule has 0 aliphatic carbocycles. The van der Waals surface area contributed by atoms with Crippen LogP contribution in [0.15, 0.2) is 24.3 Å². The van der Waals surface area contributed by atoms with Gasteiger partial charge < -0.3 is 10.5 Å². The molecule has 0 fully saturated rings. The molecule has 18 heavy (non-hydrogen) atoms. The largest absolute Gasteiger partial charge is 0.493 e. The van der Waals surface area contributed by atoms with Crippen LogP contribution in [0.1, 0.15) is 11.5 Å². The summed E-state index contributed by atoms with van der Waals surface area (Å²) < 4.78 is 30.5. The van der Waals surface area contributed by atoms with E-state index in [4.69, 9.17) is 10.5 Å². The Morgan fingerprint density at radius 2 is 2.17 bits per heavy atom. The lowest BCUT2D eigenvalue weighted by Crippen LogP contribution is -2.37. The van der Waals surface area contributed by atoms with Gasteiger partial charge >= 0.3 is 0 Å². The van der Waals surface area contributed by atoms with Crippen molar-refractivity contribution in [2.24, 2.45) is 5.73 Å². The molecule has 100 valence electrons. The Bertz CT molecular complexity index is 387.